The van der Waals surface area contributed by atoms with E-state index < -0.39 is 0 Å². The molecular formula is C6H16N4O2. The maximum atomic E-state index is 10.8. The van der Waals surface area contributed by atoms with Gasteiger partial charge in [0.1, 0.15) is 6.73 Å². The molecule has 6 heteroatoms. The third-order valence-electron chi connectivity index (χ3n) is 1.09. The molecule has 0 radical (unpaired) electrons. The number of carbonyl (C=O) groups excluding carboxylic acids is 1. The van der Waals surface area contributed by atoms with Gasteiger partial charge < -0.3 is 0 Å². The number of hydrogen-bond acceptors (Lipinski definition) is 5. The lowest BCUT2D eigenvalue weighted by Crippen LogP contribution is -2.42. The minimum atomic E-state index is -0.0548. The number of amides is 1. The Labute approximate surface area is 72.1 Å². The average Bonchev–Trinajstić information content (AvgIpc) is 2.00. The van der Waals surface area contributed by atoms with Crippen LogP contribution >= 0.6 is 0 Å². The molecule has 0 saturated heterocycles. The lowest BCUT2D eigenvalue weighted by Gasteiger charge is -2.19. The van der Waals surface area contributed by atoms with Crippen LogP contribution in [0, 0.1) is 0 Å². The molecule has 72 valence electrons. The molecule has 6 nitrogen and oxygen atoms in total. The standard InChI is InChI=1S/C6H16N4O2/c1-4-6(11)8-9(2)5-12-10(3)7/h4-5,7H2,1-3H3,(H,8,11). The van der Waals surface area contributed by atoms with E-state index in [4.69, 9.17) is 10.7 Å². The summed E-state index contributed by atoms with van der Waals surface area (Å²) in [5.74, 6) is 5.12. The number of nitrogens with one attached hydrogen (secondary N) is 1. The van der Waals surface area contributed by atoms with Crippen LogP contribution in [-0.2, 0) is 9.63 Å². The van der Waals surface area contributed by atoms with Crippen LogP contribution in [0.1, 0.15) is 13.3 Å². The van der Waals surface area contributed by atoms with Crippen molar-refractivity contribution in [1.29, 1.82) is 0 Å². The summed E-state index contributed by atoms with van der Waals surface area (Å²) in [4.78, 5) is 15.7. The minimum Gasteiger partial charge on any atom is -0.287 e. The van der Waals surface area contributed by atoms with Crippen molar-refractivity contribution in [3.63, 3.8) is 0 Å². The maximum absolute atomic E-state index is 10.8. The second-order valence-corrected chi connectivity index (χ2v) is 2.39. The van der Waals surface area contributed by atoms with E-state index in [2.05, 4.69) is 5.43 Å². The van der Waals surface area contributed by atoms with E-state index in [0.29, 0.717) is 6.42 Å². The quantitative estimate of drug-likeness (QED) is 0.321. The summed E-state index contributed by atoms with van der Waals surface area (Å²) in [5, 5.41) is 2.59. The molecule has 0 atom stereocenters. The molecular weight excluding hydrogens is 160 g/mol. The van der Waals surface area contributed by atoms with E-state index in [0.717, 1.165) is 5.17 Å². The molecule has 0 aliphatic carbocycles. The van der Waals surface area contributed by atoms with E-state index in [1.54, 1.807) is 21.0 Å². The summed E-state index contributed by atoms with van der Waals surface area (Å²) in [6, 6.07) is 0. The van der Waals surface area contributed by atoms with Crippen molar-refractivity contribution < 1.29 is 9.63 Å². The van der Waals surface area contributed by atoms with Crippen molar-refractivity contribution in [3.05, 3.63) is 0 Å². The Balaban J connectivity index is 3.45. The highest BCUT2D eigenvalue weighted by atomic mass is 16.7. The van der Waals surface area contributed by atoms with Gasteiger partial charge in [-0.05, 0) is 0 Å². The summed E-state index contributed by atoms with van der Waals surface area (Å²) in [6.07, 6.45) is 0.447. The third-order valence-corrected chi connectivity index (χ3v) is 1.09. The van der Waals surface area contributed by atoms with Crippen LogP contribution in [0.2, 0.25) is 0 Å². The van der Waals surface area contributed by atoms with E-state index >= 15 is 0 Å². The van der Waals surface area contributed by atoms with Gasteiger partial charge >= 0.3 is 0 Å². The molecule has 0 saturated carbocycles. The molecule has 0 aromatic heterocycles. The number of hydrogen-bond donors (Lipinski definition) is 2. The number of hydroxylamine groups is 1. The predicted molar refractivity (Wildman–Crippen MR) is 44.1 cm³/mol. The zero-order chi connectivity index (χ0) is 9.56. The first kappa shape index (κ1) is 11.3. The third kappa shape index (κ3) is 6.05. The van der Waals surface area contributed by atoms with Crippen LogP contribution in [0.25, 0.3) is 0 Å². The fourth-order valence-corrected chi connectivity index (χ4v) is 0.502. The fourth-order valence-electron chi connectivity index (χ4n) is 0.502. The summed E-state index contributed by atoms with van der Waals surface area (Å²) in [7, 11) is 3.26. The minimum absolute atomic E-state index is 0.0548. The monoisotopic (exact) mass is 176 g/mol. The molecule has 0 aromatic rings. The molecule has 0 heterocycles. The highest BCUT2D eigenvalue weighted by Crippen LogP contribution is 1.82. The molecule has 1 amide bonds. The predicted octanol–water partition coefficient (Wildman–Crippen LogP) is -0.946. The first-order chi connectivity index (χ1) is 5.56. The van der Waals surface area contributed by atoms with E-state index in [-0.39, 0.29) is 12.6 Å². The molecule has 3 N–H and O–H groups in total. The normalized spacial score (nSPS) is 10.8. The van der Waals surface area contributed by atoms with Crippen molar-refractivity contribution in [2.24, 2.45) is 5.84 Å². The van der Waals surface area contributed by atoms with Crippen molar-refractivity contribution >= 4 is 5.91 Å². The second kappa shape index (κ2) is 5.90. The van der Waals surface area contributed by atoms with E-state index in [1.165, 1.54) is 5.01 Å². The Hall–Kier alpha value is -0.690. The highest BCUT2D eigenvalue weighted by Gasteiger charge is 2.02. The van der Waals surface area contributed by atoms with Gasteiger partial charge in [-0.3, -0.25) is 15.1 Å². The van der Waals surface area contributed by atoms with Gasteiger partial charge in [0.05, 0.1) is 0 Å². The Morgan fingerprint density at radius 3 is 2.58 bits per heavy atom. The molecule has 0 unspecified atom stereocenters. The van der Waals surface area contributed by atoms with Crippen LogP contribution < -0.4 is 11.3 Å². The number of nitrogens with zero attached hydrogens (tertiary/aromatic N) is 2. The number of rotatable bonds is 5. The highest BCUT2D eigenvalue weighted by molar-refractivity contribution is 5.74. The molecule has 0 aliphatic heterocycles. The van der Waals surface area contributed by atoms with Crippen molar-refractivity contribution in [1.82, 2.24) is 15.6 Å². The summed E-state index contributed by atoms with van der Waals surface area (Å²) >= 11 is 0. The van der Waals surface area contributed by atoms with Gasteiger partial charge in [-0.1, -0.05) is 6.92 Å². The number of hydrazine groups is 2. The first-order valence-electron chi connectivity index (χ1n) is 3.68. The van der Waals surface area contributed by atoms with Crippen molar-refractivity contribution in [3.8, 4) is 0 Å². The lowest BCUT2D eigenvalue weighted by atomic mass is 10.5. The molecule has 12 heavy (non-hydrogen) atoms. The molecule has 0 aromatic carbocycles. The Morgan fingerprint density at radius 1 is 1.58 bits per heavy atom. The number of nitrogens with two attached hydrogens (primary N) is 1. The zero-order valence-electron chi connectivity index (χ0n) is 7.70. The largest absolute Gasteiger partial charge is 0.287 e. The molecule has 0 aliphatic rings. The Kier molecular flexibility index (Phi) is 5.56. The summed E-state index contributed by atoms with van der Waals surface area (Å²) in [5.41, 5.74) is 2.57. The van der Waals surface area contributed by atoms with Crippen LogP contribution in [0.3, 0.4) is 0 Å². The van der Waals surface area contributed by atoms with Gasteiger partial charge in [0.25, 0.3) is 0 Å². The Morgan fingerprint density at radius 2 is 2.17 bits per heavy atom. The van der Waals surface area contributed by atoms with Gasteiger partial charge in [-0.2, -0.15) is 5.01 Å². The van der Waals surface area contributed by atoms with Gasteiger partial charge in [-0.15, -0.1) is 5.17 Å². The van der Waals surface area contributed by atoms with Gasteiger partial charge in [0, 0.05) is 20.5 Å². The van der Waals surface area contributed by atoms with Crippen molar-refractivity contribution in [2.75, 3.05) is 20.8 Å². The van der Waals surface area contributed by atoms with Gasteiger partial charge in [0.15, 0.2) is 0 Å². The van der Waals surface area contributed by atoms with E-state index in [9.17, 15) is 4.79 Å². The summed E-state index contributed by atoms with van der Waals surface area (Å²) < 4.78 is 0. The number of carbonyl (C=O) groups is 1. The van der Waals surface area contributed by atoms with Crippen molar-refractivity contribution in [2.45, 2.75) is 13.3 Å². The van der Waals surface area contributed by atoms with Gasteiger partial charge in [0.2, 0.25) is 5.91 Å². The molecule has 0 fully saturated rings. The van der Waals surface area contributed by atoms with Crippen LogP contribution in [0.15, 0.2) is 0 Å². The smallest absolute Gasteiger partial charge is 0.234 e. The molecule has 0 spiro atoms. The topological polar surface area (TPSA) is 70.8 Å². The van der Waals surface area contributed by atoms with Crippen LogP contribution in [-0.4, -0.2) is 36.9 Å². The maximum Gasteiger partial charge on any atom is 0.234 e. The first-order valence-corrected chi connectivity index (χ1v) is 3.68. The fraction of sp³-hybridized carbons (Fsp3) is 0.833. The average molecular weight is 176 g/mol. The Bertz CT molecular complexity index is 140. The van der Waals surface area contributed by atoms with Crippen LogP contribution in [0.4, 0.5) is 0 Å². The molecule has 0 bridgehead atoms. The zero-order valence-corrected chi connectivity index (χ0v) is 7.70. The summed E-state index contributed by atoms with van der Waals surface area (Å²) in [6.45, 7) is 2.00. The SMILES string of the molecule is CCC(=O)NN(C)CON(C)N. The van der Waals surface area contributed by atoms with Crippen LogP contribution in [0.5, 0.6) is 0 Å². The molecule has 0 rings (SSSR count). The second-order valence-electron chi connectivity index (χ2n) is 2.39. The van der Waals surface area contributed by atoms with Gasteiger partial charge in [-0.25, -0.2) is 5.84 Å². The van der Waals surface area contributed by atoms with E-state index in [1.807, 2.05) is 0 Å². The lowest BCUT2D eigenvalue weighted by molar-refractivity contribution is -0.183.